The molecular weight excluding hydrogens is 242 g/mol. The van der Waals surface area contributed by atoms with Crippen LogP contribution in [0.2, 0.25) is 0 Å². The van der Waals surface area contributed by atoms with Gasteiger partial charge in [-0.2, -0.15) is 0 Å². The van der Waals surface area contributed by atoms with Gasteiger partial charge < -0.3 is 10.5 Å². The van der Waals surface area contributed by atoms with Crippen LogP contribution < -0.4 is 10.5 Å². The smallest absolute Gasteiger partial charge is 0.182 e. The van der Waals surface area contributed by atoms with Crippen LogP contribution in [-0.4, -0.2) is 26.8 Å². The van der Waals surface area contributed by atoms with Crippen molar-refractivity contribution in [1.82, 2.24) is 20.2 Å². The molecule has 0 saturated heterocycles. The Morgan fingerprint density at radius 2 is 2.26 bits per heavy atom. The number of aromatic nitrogens is 4. The van der Waals surface area contributed by atoms with E-state index in [1.807, 2.05) is 29.8 Å². The SMILES string of the molecule is CCOc1ccc(-c2nnnn2CC2CC2)cc1N. The molecule has 1 heterocycles. The molecule has 0 unspecified atom stereocenters. The lowest BCUT2D eigenvalue weighted by Gasteiger charge is -2.08. The first-order valence-corrected chi connectivity index (χ1v) is 6.56. The maximum atomic E-state index is 5.97. The first-order valence-electron chi connectivity index (χ1n) is 6.56. The topological polar surface area (TPSA) is 78.9 Å². The quantitative estimate of drug-likeness (QED) is 0.827. The summed E-state index contributed by atoms with van der Waals surface area (Å²) >= 11 is 0. The van der Waals surface area contributed by atoms with Crippen molar-refractivity contribution in [3.8, 4) is 17.1 Å². The molecule has 6 heteroatoms. The fourth-order valence-electron chi connectivity index (χ4n) is 2.05. The minimum absolute atomic E-state index is 0.600. The fourth-order valence-corrected chi connectivity index (χ4v) is 2.05. The molecule has 2 aromatic rings. The molecule has 0 amide bonds. The number of anilines is 1. The highest BCUT2D eigenvalue weighted by Gasteiger charge is 2.24. The molecule has 19 heavy (non-hydrogen) atoms. The van der Waals surface area contributed by atoms with E-state index in [9.17, 15) is 0 Å². The van der Waals surface area contributed by atoms with Crippen molar-refractivity contribution < 1.29 is 4.74 Å². The molecule has 1 aliphatic carbocycles. The molecule has 2 N–H and O–H groups in total. The number of nitrogens with zero attached hydrogens (tertiary/aromatic N) is 4. The fraction of sp³-hybridized carbons (Fsp3) is 0.462. The summed E-state index contributed by atoms with van der Waals surface area (Å²) in [5.41, 5.74) is 7.51. The predicted octanol–water partition coefficient (Wildman–Crippen LogP) is 1.73. The lowest BCUT2D eigenvalue weighted by atomic mass is 10.1. The van der Waals surface area contributed by atoms with Gasteiger partial charge in [0.15, 0.2) is 5.82 Å². The van der Waals surface area contributed by atoms with E-state index in [1.54, 1.807) is 0 Å². The zero-order valence-corrected chi connectivity index (χ0v) is 10.9. The lowest BCUT2D eigenvalue weighted by Crippen LogP contribution is -2.05. The van der Waals surface area contributed by atoms with Crippen molar-refractivity contribution in [3.63, 3.8) is 0 Å². The van der Waals surface area contributed by atoms with Gasteiger partial charge in [0.2, 0.25) is 0 Å². The molecular formula is C13H17N5O. The van der Waals surface area contributed by atoms with Crippen LogP contribution >= 0.6 is 0 Å². The van der Waals surface area contributed by atoms with E-state index in [-0.39, 0.29) is 0 Å². The van der Waals surface area contributed by atoms with Gasteiger partial charge in [0.1, 0.15) is 5.75 Å². The van der Waals surface area contributed by atoms with Crippen LogP contribution in [0.15, 0.2) is 18.2 Å². The number of nitrogen functional groups attached to an aromatic ring is 1. The van der Waals surface area contributed by atoms with Crippen LogP contribution in [0.1, 0.15) is 19.8 Å². The molecule has 3 rings (SSSR count). The van der Waals surface area contributed by atoms with Crippen LogP contribution in [0.3, 0.4) is 0 Å². The molecule has 0 radical (unpaired) electrons. The predicted molar refractivity (Wildman–Crippen MR) is 71.6 cm³/mol. The maximum Gasteiger partial charge on any atom is 0.182 e. The van der Waals surface area contributed by atoms with Gasteiger partial charge in [-0.05, 0) is 54.3 Å². The molecule has 0 spiro atoms. The normalized spacial score (nSPS) is 14.6. The van der Waals surface area contributed by atoms with Crippen molar-refractivity contribution in [1.29, 1.82) is 0 Å². The minimum atomic E-state index is 0.600. The van der Waals surface area contributed by atoms with E-state index in [2.05, 4.69) is 15.5 Å². The monoisotopic (exact) mass is 259 g/mol. The molecule has 100 valence electrons. The number of nitrogens with two attached hydrogens (primary N) is 1. The third kappa shape index (κ3) is 2.52. The van der Waals surface area contributed by atoms with Crippen LogP contribution in [0, 0.1) is 5.92 Å². The van der Waals surface area contributed by atoms with Crippen molar-refractivity contribution in [2.45, 2.75) is 26.3 Å². The Balaban J connectivity index is 1.88. The molecule has 1 fully saturated rings. The first-order chi connectivity index (χ1) is 9.28. The molecule has 0 aliphatic heterocycles. The Morgan fingerprint density at radius 1 is 1.42 bits per heavy atom. The summed E-state index contributed by atoms with van der Waals surface area (Å²) in [6, 6.07) is 5.67. The zero-order valence-electron chi connectivity index (χ0n) is 10.9. The number of ether oxygens (including phenoxy) is 1. The second kappa shape index (κ2) is 4.87. The highest BCUT2D eigenvalue weighted by atomic mass is 16.5. The van der Waals surface area contributed by atoms with Gasteiger partial charge in [0.25, 0.3) is 0 Å². The highest BCUT2D eigenvalue weighted by molar-refractivity contribution is 5.66. The van der Waals surface area contributed by atoms with Gasteiger partial charge in [-0.1, -0.05) is 0 Å². The number of benzene rings is 1. The number of hydrogen-bond donors (Lipinski definition) is 1. The Labute approximate surface area is 111 Å². The third-order valence-corrected chi connectivity index (χ3v) is 3.23. The summed E-state index contributed by atoms with van der Waals surface area (Å²) in [6.45, 7) is 3.42. The van der Waals surface area contributed by atoms with E-state index < -0.39 is 0 Å². The molecule has 1 aromatic heterocycles. The summed E-state index contributed by atoms with van der Waals surface area (Å²) in [5, 5.41) is 11.9. The van der Waals surface area contributed by atoms with E-state index in [0.29, 0.717) is 18.0 Å². The molecule has 1 aliphatic rings. The largest absolute Gasteiger partial charge is 0.492 e. The van der Waals surface area contributed by atoms with Gasteiger partial charge in [0.05, 0.1) is 12.3 Å². The Kier molecular flexibility index (Phi) is 3.06. The number of tetrazole rings is 1. The van der Waals surface area contributed by atoms with Gasteiger partial charge >= 0.3 is 0 Å². The van der Waals surface area contributed by atoms with Gasteiger partial charge in [-0.25, -0.2) is 4.68 Å². The Hall–Kier alpha value is -2.11. The van der Waals surface area contributed by atoms with Gasteiger partial charge in [-0.3, -0.25) is 0 Å². The minimum Gasteiger partial charge on any atom is -0.492 e. The van der Waals surface area contributed by atoms with Crippen molar-refractivity contribution in [2.24, 2.45) is 5.92 Å². The second-order valence-electron chi connectivity index (χ2n) is 4.81. The van der Waals surface area contributed by atoms with Crippen molar-refractivity contribution in [2.75, 3.05) is 12.3 Å². The van der Waals surface area contributed by atoms with E-state index in [1.165, 1.54) is 12.8 Å². The zero-order chi connectivity index (χ0) is 13.2. The second-order valence-corrected chi connectivity index (χ2v) is 4.81. The molecule has 0 bridgehead atoms. The summed E-state index contributed by atoms with van der Waals surface area (Å²) in [7, 11) is 0. The molecule has 1 aromatic carbocycles. The standard InChI is InChI=1S/C13H17N5O/c1-2-19-12-6-5-10(7-11(12)14)13-15-16-17-18(13)8-9-3-4-9/h5-7,9H,2-4,8,14H2,1H3. The summed E-state index contributed by atoms with van der Waals surface area (Å²) in [5.74, 6) is 2.19. The molecule has 0 atom stereocenters. The van der Waals surface area contributed by atoms with E-state index in [4.69, 9.17) is 10.5 Å². The summed E-state index contributed by atoms with van der Waals surface area (Å²) in [4.78, 5) is 0. The summed E-state index contributed by atoms with van der Waals surface area (Å²) in [6.07, 6.45) is 2.54. The lowest BCUT2D eigenvalue weighted by molar-refractivity contribution is 0.342. The van der Waals surface area contributed by atoms with E-state index in [0.717, 1.165) is 23.9 Å². The van der Waals surface area contributed by atoms with Crippen LogP contribution in [0.4, 0.5) is 5.69 Å². The van der Waals surface area contributed by atoms with E-state index >= 15 is 0 Å². The van der Waals surface area contributed by atoms with Gasteiger partial charge in [0, 0.05) is 12.1 Å². The Bertz CT molecular complexity index is 576. The third-order valence-electron chi connectivity index (χ3n) is 3.23. The number of rotatable bonds is 5. The maximum absolute atomic E-state index is 5.97. The average Bonchev–Trinajstić information content (AvgIpc) is 3.09. The van der Waals surface area contributed by atoms with Crippen molar-refractivity contribution >= 4 is 5.69 Å². The average molecular weight is 259 g/mol. The van der Waals surface area contributed by atoms with Gasteiger partial charge in [-0.15, -0.1) is 5.10 Å². The molecule has 6 nitrogen and oxygen atoms in total. The summed E-state index contributed by atoms with van der Waals surface area (Å²) < 4.78 is 7.28. The van der Waals surface area contributed by atoms with Crippen LogP contribution in [0.25, 0.3) is 11.4 Å². The van der Waals surface area contributed by atoms with Crippen molar-refractivity contribution in [3.05, 3.63) is 18.2 Å². The van der Waals surface area contributed by atoms with Crippen LogP contribution in [-0.2, 0) is 6.54 Å². The molecule has 1 saturated carbocycles. The Morgan fingerprint density at radius 3 is 2.95 bits per heavy atom. The highest BCUT2D eigenvalue weighted by Crippen LogP contribution is 2.32. The van der Waals surface area contributed by atoms with Crippen LogP contribution in [0.5, 0.6) is 5.75 Å². The number of hydrogen-bond acceptors (Lipinski definition) is 5. The first kappa shape index (κ1) is 12.0.